The van der Waals surface area contributed by atoms with Crippen LogP contribution >= 0.6 is 0 Å². The van der Waals surface area contributed by atoms with Crippen LogP contribution in [0.25, 0.3) is 10.8 Å². The number of esters is 1. The van der Waals surface area contributed by atoms with Crippen molar-refractivity contribution >= 4 is 28.6 Å². The van der Waals surface area contributed by atoms with E-state index in [2.05, 4.69) is 5.32 Å². The van der Waals surface area contributed by atoms with Crippen LogP contribution in [0.2, 0.25) is 0 Å². The predicted molar refractivity (Wildman–Crippen MR) is 94.6 cm³/mol. The van der Waals surface area contributed by atoms with Crippen molar-refractivity contribution in [2.75, 3.05) is 6.61 Å². The van der Waals surface area contributed by atoms with Crippen molar-refractivity contribution in [2.24, 2.45) is 11.7 Å². The quantitative estimate of drug-likeness (QED) is 0.746. The lowest BCUT2D eigenvalue weighted by Gasteiger charge is -2.20. The Labute approximate surface area is 146 Å². The highest BCUT2D eigenvalue weighted by Crippen LogP contribution is 2.19. The molecule has 25 heavy (non-hydrogen) atoms. The summed E-state index contributed by atoms with van der Waals surface area (Å²) in [5, 5.41) is 4.74. The topological polar surface area (TPSA) is 98.5 Å². The van der Waals surface area contributed by atoms with Gasteiger partial charge >= 0.3 is 5.97 Å². The van der Waals surface area contributed by atoms with Crippen LogP contribution in [0.5, 0.6) is 0 Å². The van der Waals surface area contributed by atoms with Crippen molar-refractivity contribution in [3.8, 4) is 0 Å². The second-order valence-electron chi connectivity index (χ2n) is 6.18. The van der Waals surface area contributed by atoms with Gasteiger partial charge in [0.25, 0.3) is 5.91 Å². The normalized spacial score (nSPS) is 12.0. The van der Waals surface area contributed by atoms with Crippen LogP contribution in [0.1, 0.15) is 19.4 Å². The summed E-state index contributed by atoms with van der Waals surface area (Å²) >= 11 is 0. The van der Waals surface area contributed by atoms with E-state index < -0.39 is 24.5 Å². The molecule has 0 aliphatic heterocycles. The molecular formula is C19H22N2O4. The van der Waals surface area contributed by atoms with E-state index in [9.17, 15) is 14.4 Å². The lowest BCUT2D eigenvalue weighted by Crippen LogP contribution is -2.46. The maximum absolute atomic E-state index is 12.4. The minimum absolute atomic E-state index is 0.147. The molecule has 0 heterocycles. The Morgan fingerprint density at radius 3 is 2.44 bits per heavy atom. The third-order valence-electron chi connectivity index (χ3n) is 3.82. The molecule has 6 nitrogen and oxygen atoms in total. The number of nitrogens with two attached hydrogens (primary N) is 1. The standard InChI is InChI=1S/C19H22N2O4/c1-12(2)18(19(24)25-11-16(20)22)21-17(23)10-14-8-5-7-13-6-3-4-9-15(13)14/h3-9,12,18H,10-11H2,1-2H3,(H2,20,22)(H,21,23)/t18-/m0/s1. The fraction of sp³-hybridized carbons (Fsp3) is 0.316. The zero-order valence-corrected chi connectivity index (χ0v) is 14.3. The van der Waals surface area contributed by atoms with Gasteiger partial charge < -0.3 is 15.8 Å². The average Bonchev–Trinajstić information content (AvgIpc) is 2.57. The monoisotopic (exact) mass is 342 g/mol. The molecule has 0 radical (unpaired) electrons. The van der Waals surface area contributed by atoms with Crippen molar-refractivity contribution in [3.63, 3.8) is 0 Å². The van der Waals surface area contributed by atoms with E-state index in [0.717, 1.165) is 16.3 Å². The Kier molecular flexibility index (Phi) is 6.11. The summed E-state index contributed by atoms with van der Waals surface area (Å²) in [6, 6.07) is 12.7. The third-order valence-corrected chi connectivity index (χ3v) is 3.82. The number of primary amides is 1. The molecule has 132 valence electrons. The Hall–Kier alpha value is -2.89. The molecule has 2 aromatic rings. The van der Waals surface area contributed by atoms with Crippen LogP contribution in [0, 0.1) is 5.92 Å². The number of ether oxygens (including phenoxy) is 1. The average molecular weight is 342 g/mol. The van der Waals surface area contributed by atoms with Gasteiger partial charge in [-0.3, -0.25) is 9.59 Å². The first-order chi connectivity index (χ1) is 11.9. The Bertz CT molecular complexity index is 781. The number of carbonyl (C=O) groups excluding carboxylic acids is 3. The largest absolute Gasteiger partial charge is 0.454 e. The highest BCUT2D eigenvalue weighted by molar-refractivity contribution is 5.92. The van der Waals surface area contributed by atoms with Crippen LogP contribution in [0.3, 0.4) is 0 Å². The van der Waals surface area contributed by atoms with Crippen molar-refractivity contribution in [2.45, 2.75) is 26.3 Å². The maximum atomic E-state index is 12.4. The highest BCUT2D eigenvalue weighted by atomic mass is 16.5. The number of rotatable bonds is 7. The fourth-order valence-corrected chi connectivity index (χ4v) is 2.57. The van der Waals surface area contributed by atoms with E-state index in [-0.39, 0.29) is 18.2 Å². The van der Waals surface area contributed by atoms with Crippen molar-refractivity contribution < 1.29 is 19.1 Å². The van der Waals surface area contributed by atoms with Gasteiger partial charge in [0.2, 0.25) is 5.91 Å². The summed E-state index contributed by atoms with van der Waals surface area (Å²) in [6.45, 7) is 3.07. The summed E-state index contributed by atoms with van der Waals surface area (Å²) < 4.78 is 4.82. The highest BCUT2D eigenvalue weighted by Gasteiger charge is 2.26. The molecule has 0 bridgehead atoms. The number of fused-ring (bicyclic) bond motifs is 1. The maximum Gasteiger partial charge on any atom is 0.329 e. The number of amides is 2. The second-order valence-corrected chi connectivity index (χ2v) is 6.18. The summed E-state index contributed by atoms with van der Waals surface area (Å²) in [4.78, 5) is 35.2. The molecular weight excluding hydrogens is 320 g/mol. The van der Waals surface area contributed by atoms with Crippen molar-refractivity contribution in [1.29, 1.82) is 0 Å². The zero-order chi connectivity index (χ0) is 18.4. The first-order valence-electron chi connectivity index (χ1n) is 8.09. The SMILES string of the molecule is CC(C)[C@H](NC(=O)Cc1cccc2ccccc12)C(=O)OCC(N)=O. The van der Waals surface area contributed by atoms with Gasteiger partial charge in [-0.15, -0.1) is 0 Å². The lowest BCUT2D eigenvalue weighted by atomic mass is 10.0. The van der Waals surface area contributed by atoms with Crippen LogP contribution in [-0.4, -0.2) is 30.4 Å². The van der Waals surface area contributed by atoms with Gasteiger partial charge in [0.05, 0.1) is 6.42 Å². The van der Waals surface area contributed by atoms with Gasteiger partial charge in [-0.1, -0.05) is 56.3 Å². The van der Waals surface area contributed by atoms with E-state index in [1.54, 1.807) is 13.8 Å². The first-order valence-corrected chi connectivity index (χ1v) is 8.09. The van der Waals surface area contributed by atoms with Crippen molar-refractivity contribution in [3.05, 3.63) is 48.0 Å². The Morgan fingerprint density at radius 2 is 1.76 bits per heavy atom. The van der Waals surface area contributed by atoms with Crippen molar-refractivity contribution in [1.82, 2.24) is 5.32 Å². The van der Waals surface area contributed by atoms with Crippen LogP contribution in [0.15, 0.2) is 42.5 Å². The summed E-state index contributed by atoms with van der Waals surface area (Å²) in [5.74, 6) is -1.87. The van der Waals surface area contributed by atoms with Gasteiger partial charge in [-0.25, -0.2) is 4.79 Å². The number of nitrogens with one attached hydrogen (secondary N) is 1. The number of benzene rings is 2. The molecule has 2 rings (SSSR count). The molecule has 2 amide bonds. The van der Waals surface area contributed by atoms with E-state index in [4.69, 9.17) is 10.5 Å². The molecule has 2 aromatic carbocycles. The molecule has 3 N–H and O–H groups in total. The molecule has 0 fully saturated rings. The molecule has 0 unspecified atom stereocenters. The fourth-order valence-electron chi connectivity index (χ4n) is 2.57. The van der Waals surface area contributed by atoms with Gasteiger partial charge in [0.15, 0.2) is 6.61 Å². The summed E-state index contributed by atoms with van der Waals surface area (Å²) in [5.41, 5.74) is 5.85. The molecule has 0 spiro atoms. The molecule has 1 atom stereocenters. The molecule has 0 saturated heterocycles. The smallest absolute Gasteiger partial charge is 0.329 e. The van der Waals surface area contributed by atoms with E-state index in [1.165, 1.54) is 0 Å². The molecule has 0 aliphatic rings. The first kappa shape index (κ1) is 18.4. The zero-order valence-electron chi connectivity index (χ0n) is 14.3. The third kappa shape index (κ3) is 5.04. The van der Waals surface area contributed by atoms with Gasteiger partial charge in [0.1, 0.15) is 6.04 Å². The Balaban J connectivity index is 2.08. The minimum atomic E-state index is -0.832. The lowest BCUT2D eigenvalue weighted by molar-refractivity contribution is -0.152. The van der Waals surface area contributed by atoms with E-state index >= 15 is 0 Å². The minimum Gasteiger partial charge on any atom is -0.454 e. The van der Waals surface area contributed by atoms with E-state index in [0.29, 0.717) is 0 Å². The van der Waals surface area contributed by atoms with Gasteiger partial charge in [-0.2, -0.15) is 0 Å². The van der Waals surface area contributed by atoms with E-state index in [1.807, 2.05) is 42.5 Å². The molecule has 0 aliphatic carbocycles. The number of hydrogen-bond acceptors (Lipinski definition) is 4. The summed E-state index contributed by atoms with van der Waals surface area (Å²) in [7, 11) is 0. The molecule has 0 saturated carbocycles. The summed E-state index contributed by atoms with van der Waals surface area (Å²) in [6.07, 6.45) is 0.147. The van der Waals surface area contributed by atoms with Crippen LogP contribution in [-0.2, 0) is 25.5 Å². The van der Waals surface area contributed by atoms with Gasteiger partial charge in [-0.05, 0) is 22.3 Å². The number of hydrogen-bond donors (Lipinski definition) is 2. The van der Waals surface area contributed by atoms with Crippen LogP contribution < -0.4 is 11.1 Å². The number of carbonyl (C=O) groups is 3. The molecule has 0 aromatic heterocycles. The van der Waals surface area contributed by atoms with Gasteiger partial charge in [0, 0.05) is 0 Å². The second kappa shape index (κ2) is 8.28. The van der Waals surface area contributed by atoms with Crippen LogP contribution in [0.4, 0.5) is 0 Å². The predicted octanol–water partition coefficient (Wildman–Crippen LogP) is 1.55. The Morgan fingerprint density at radius 1 is 1.08 bits per heavy atom. The molecule has 6 heteroatoms.